The third kappa shape index (κ3) is 6.97. The number of aliphatic hydroxyl groups is 9. The molecule has 4 heterocycles. The Balaban J connectivity index is 0.944. The van der Waals surface area contributed by atoms with Gasteiger partial charge >= 0.3 is 5.97 Å². The van der Waals surface area contributed by atoms with E-state index >= 15 is 0 Å². The topological polar surface area (TPSA) is 264 Å². The Hall–Kier alpha value is -1.13. The molecule has 0 aromatic carbocycles. The lowest BCUT2D eigenvalue weighted by Crippen LogP contribution is -2.69. The first-order valence-electron chi connectivity index (χ1n) is 24.2. The molecule has 17 heteroatoms. The van der Waals surface area contributed by atoms with Crippen molar-refractivity contribution in [3.05, 3.63) is 0 Å². The van der Waals surface area contributed by atoms with E-state index < -0.39 is 117 Å². The van der Waals surface area contributed by atoms with Gasteiger partial charge in [0.05, 0.1) is 31.8 Å². The van der Waals surface area contributed by atoms with E-state index in [-0.39, 0.29) is 46.1 Å². The SMILES string of the molecule is CC1(C)OC(=O)[C@]23CC[C@H]1[C@@H]2CC[C@]1(C)[C@@H]3CCC2[C@@]3(C)CCC[C@](C)(CO[C@@H]4O[C@H](CO[C@@H]5O[C@H](CO)[C@@H](O)[C@H](O)[C@H]5O)[C@@H](O)[C@H](O)[C@H]4O[C@@H]4O[C@@H](CO)[C@H](O)[C@H]4O)C3CC[C@]21C. The monoisotopic (exact) mass is 913 g/mol. The van der Waals surface area contributed by atoms with Crippen LogP contribution < -0.4 is 0 Å². The first-order chi connectivity index (χ1) is 30.1. The molecule has 0 spiro atoms. The number of carbonyl (C=O) groups is 1. The number of hydrogen-bond acceptors (Lipinski definition) is 17. The maximum atomic E-state index is 14.3. The van der Waals surface area contributed by atoms with E-state index in [1.54, 1.807) is 0 Å². The first-order valence-corrected chi connectivity index (χ1v) is 24.2. The van der Waals surface area contributed by atoms with E-state index in [1.807, 2.05) is 0 Å². The largest absolute Gasteiger partial charge is 0.459 e. The van der Waals surface area contributed by atoms with Crippen LogP contribution >= 0.6 is 0 Å². The first kappa shape index (κ1) is 47.9. The summed E-state index contributed by atoms with van der Waals surface area (Å²) < 4.78 is 42.3. The number of hydrogen-bond donors (Lipinski definition) is 9. The number of aliphatic hydroxyl groups excluding tert-OH is 9. The highest BCUT2D eigenvalue weighted by molar-refractivity contribution is 5.80. The van der Waals surface area contributed by atoms with Crippen molar-refractivity contribution < 1.29 is 83.9 Å². The quantitative estimate of drug-likeness (QED) is 0.138. The number of fused-ring (bicyclic) bond motifs is 5. The lowest BCUT2D eigenvalue weighted by molar-refractivity contribution is -0.354. The second kappa shape index (κ2) is 16.8. The van der Waals surface area contributed by atoms with Gasteiger partial charge < -0.3 is 79.1 Å². The Morgan fingerprint density at radius 3 is 1.84 bits per heavy atom. The fourth-order valence-electron chi connectivity index (χ4n) is 16.5. The Morgan fingerprint density at radius 2 is 1.14 bits per heavy atom. The van der Waals surface area contributed by atoms with E-state index in [9.17, 15) is 50.8 Å². The van der Waals surface area contributed by atoms with Gasteiger partial charge in [-0.25, -0.2) is 0 Å². The van der Waals surface area contributed by atoms with Crippen LogP contribution in [0.5, 0.6) is 0 Å². The molecule has 4 aliphatic heterocycles. The van der Waals surface area contributed by atoms with Gasteiger partial charge in [0.1, 0.15) is 72.7 Å². The van der Waals surface area contributed by atoms with Crippen LogP contribution in [0.4, 0.5) is 0 Å². The summed E-state index contributed by atoms with van der Waals surface area (Å²) in [7, 11) is 0. The second-order valence-corrected chi connectivity index (χ2v) is 23.1. The molecule has 9 rings (SSSR count). The molecule has 2 bridgehead atoms. The fourth-order valence-corrected chi connectivity index (χ4v) is 16.5. The Labute approximate surface area is 376 Å². The van der Waals surface area contributed by atoms with E-state index in [0.717, 1.165) is 70.6 Å². The van der Waals surface area contributed by atoms with Gasteiger partial charge in [-0.3, -0.25) is 4.79 Å². The van der Waals surface area contributed by atoms with Gasteiger partial charge in [0.2, 0.25) is 0 Å². The maximum Gasteiger partial charge on any atom is 0.313 e. The third-order valence-corrected chi connectivity index (χ3v) is 20.0. The van der Waals surface area contributed by atoms with Crippen molar-refractivity contribution >= 4 is 5.97 Å². The summed E-state index contributed by atoms with van der Waals surface area (Å²) in [5.74, 6) is 1.77. The number of rotatable bonds is 10. The summed E-state index contributed by atoms with van der Waals surface area (Å²) in [6, 6.07) is 0. The summed E-state index contributed by atoms with van der Waals surface area (Å²) in [5, 5.41) is 95.0. The molecule has 5 aliphatic carbocycles. The Morgan fingerprint density at radius 1 is 0.562 bits per heavy atom. The molecule has 4 saturated heterocycles. The highest BCUT2D eigenvalue weighted by atomic mass is 16.8. The molecule has 9 aliphatic rings. The summed E-state index contributed by atoms with van der Waals surface area (Å²) in [6.45, 7) is 12.4. The van der Waals surface area contributed by atoms with Gasteiger partial charge in [-0.1, -0.05) is 34.1 Å². The minimum absolute atomic E-state index is 0.00424. The van der Waals surface area contributed by atoms with Gasteiger partial charge in [-0.2, -0.15) is 0 Å². The Bertz CT molecular complexity index is 1720. The molecule has 0 amide bonds. The second-order valence-electron chi connectivity index (χ2n) is 23.1. The molecule has 17 nitrogen and oxygen atoms in total. The van der Waals surface area contributed by atoms with E-state index in [2.05, 4.69) is 41.5 Å². The van der Waals surface area contributed by atoms with Crippen LogP contribution in [0, 0.1) is 56.7 Å². The van der Waals surface area contributed by atoms with Crippen molar-refractivity contribution in [2.24, 2.45) is 56.7 Å². The zero-order chi connectivity index (χ0) is 46.1. The molecule has 9 fully saturated rings. The molecule has 64 heavy (non-hydrogen) atoms. The summed E-state index contributed by atoms with van der Waals surface area (Å²) >= 11 is 0. The van der Waals surface area contributed by atoms with Crippen LogP contribution in [0.15, 0.2) is 0 Å². The normalized spacial score (nSPS) is 56.7. The van der Waals surface area contributed by atoms with Crippen LogP contribution in [0.2, 0.25) is 0 Å². The molecule has 5 saturated carbocycles. The zero-order valence-electron chi connectivity index (χ0n) is 38.4. The molecule has 0 aromatic heterocycles. The highest BCUT2D eigenvalue weighted by Crippen LogP contribution is 2.79. The number of carbonyl (C=O) groups excluding carboxylic acids is 1. The molecular formula is C47H76O17. The van der Waals surface area contributed by atoms with E-state index in [0.29, 0.717) is 17.8 Å². The molecule has 0 aromatic rings. The van der Waals surface area contributed by atoms with Crippen LogP contribution in [0.1, 0.15) is 112 Å². The van der Waals surface area contributed by atoms with Crippen molar-refractivity contribution in [3.8, 4) is 0 Å². The lowest BCUT2D eigenvalue weighted by Gasteiger charge is -2.73. The fraction of sp³-hybridized carbons (Fsp3) is 0.979. The Kier molecular flexibility index (Phi) is 12.6. The predicted molar refractivity (Wildman–Crippen MR) is 222 cm³/mol. The number of ether oxygens (including phenoxy) is 7. The highest BCUT2D eigenvalue weighted by Gasteiger charge is 2.76. The van der Waals surface area contributed by atoms with Gasteiger partial charge in [0.15, 0.2) is 18.9 Å². The van der Waals surface area contributed by atoms with E-state index in [1.165, 1.54) is 0 Å². The van der Waals surface area contributed by atoms with Crippen LogP contribution in [0.25, 0.3) is 0 Å². The lowest BCUT2D eigenvalue weighted by atomic mass is 9.31. The van der Waals surface area contributed by atoms with Crippen molar-refractivity contribution in [1.29, 1.82) is 0 Å². The van der Waals surface area contributed by atoms with Crippen LogP contribution in [-0.4, -0.2) is 170 Å². The average molecular weight is 913 g/mol. The average Bonchev–Trinajstić information content (AvgIpc) is 3.76. The molecule has 24 atom stereocenters. The van der Waals surface area contributed by atoms with E-state index in [4.69, 9.17) is 33.2 Å². The van der Waals surface area contributed by atoms with Crippen molar-refractivity contribution in [2.75, 3.05) is 26.4 Å². The number of esters is 1. The molecule has 0 radical (unpaired) electrons. The molecular weight excluding hydrogens is 837 g/mol. The minimum atomic E-state index is -1.71. The van der Waals surface area contributed by atoms with Crippen molar-refractivity contribution in [2.45, 2.75) is 204 Å². The smallest absolute Gasteiger partial charge is 0.313 e. The minimum Gasteiger partial charge on any atom is -0.459 e. The predicted octanol–water partition coefficient (Wildman–Crippen LogP) is 0.878. The van der Waals surface area contributed by atoms with Crippen molar-refractivity contribution in [1.82, 2.24) is 0 Å². The van der Waals surface area contributed by atoms with Crippen molar-refractivity contribution in [3.63, 3.8) is 0 Å². The van der Waals surface area contributed by atoms with Gasteiger partial charge in [0, 0.05) is 5.92 Å². The molecule has 366 valence electrons. The van der Waals surface area contributed by atoms with Gasteiger partial charge in [-0.05, 0) is 123 Å². The molecule has 9 N–H and O–H groups in total. The maximum absolute atomic E-state index is 14.3. The summed E-state index contributed by atoms with van der Waals surface area (Å²) in [6.07, 6.45) is -9.96. The summed E-state index contributed by atoms with van der Waals surface area (Å²) in [4.78, 5) is 14.3. The zero-order valence-corrected chi connectivity index (χ0v) is 38.4. The van der Waals surface area contributed by atoms with Gasteiger partial charge in [-0.15, -0.1) is 0 Å². The van der Waals surface area contributed by atoms with Crippen LogP contribution in [0.3, 0.4) is 0 Å². The van der Waals surface area contributed by atoms with Crippen LogP contribution in [-0.2, 0) is 38.0 Å². The standard InChI is InChI=1S/C47H76O17/c1-42(2)22-11-17-47(41(57)64-42)23(22)10-15-46(6)29(47)9-8-28-44(4)14-7-13-43(3,27(44)12-16-45(28,46)5)21-59-40-37(63-39-35(55)31(51)25(19-49)61-39)34(54)32(52)26(62-40)20-58-38-36(56)33(53)30(50)24(18-48)60-38/h22-40,48-56H,7-21H2,1-6H3/t22-,23-,24+,25-,26+,27?,28?,29-,30+,31-,32+,33-,34-,35+,36+,37+,38+,39-,40+,43+,44-,45+,46+,47+/m0/s1. The third-order valence-electron chi connectivity index (χ3n) is 20.0. The summed E-state index contributed by atoms with van der Waals surface area (Å²) in [5.41, 5.74) is -1.26. The number of cyclic esters (lactones) is 1. The molecule has 2 unspecified atom stereocenters. The van der Waals surface area contributed by atoms with Gasteiger partial charge in [0.25, 0.3) is 0 Å².